The predicted molar refractivity (Wildman–Crippen MR) is 41.4 cm³/mol. The van der Waals surface area contributed by atoms with Crippen LogP contribution in [0.25, 0.3) is 0 Å². The van der Waals surface area contributed by atoms with E-state index in [1.54, 1.807) is 0 Å². The summed E-state index contributed by atoms with van der Waals surface area (Å²) in [5.41, 5.74) is 0. The van der Waals surface area contributed by atoms with Gasteiger partial charge in [0.25, 0.3) is 0 Å². The van der Waals surface area contributed by atoms with E-state index in [2.05, 4.69) is 15.9 Å². The molecular weight excluding hydrogens is 239 g/mol. The van der Waals surface area contributed by atoms with Crippen molar-refractivity contribution in [1.29, 1.82) is 0 Å². The van der Waals surface area contributed by atoms with E-state index in [0.717, 1.165) is 0 Å². The maximum absolute atomic E-state index is 9.15. The zero-order valence-corrected chi connectivity index (χ0v) is 7.88. The van der Waals surface area contributed by atoms with E-state index in [-0.39, 0.29) is 13.2 Å². The van der Waals surface area contributed by atoms with Crippen LogP contribution in [0.4, 0.5) is 0 Å². The lowest BCUT2D eigenvalue weighted by Crippen LogP contribution is -2.42. The lowest BCUT2D eigenvalue weighted by atomic mass is 10.4. The Hall–Kier alpha value is 0.610. The molecule has 0 radical (unpaired) electrons. The Balaban J connectivity index is 2.67. The van der Waals surface area contributed by atoms with E-state index in [9.17, 15) is 0 Å². The van der Waals surface area contributed by atoms with Crippen molar-refractivity contribution >= 4 is 27.5 Å². The Morgan fingerprint density at radius 2 is 1.64 bits per heavy atom. The maximum atomic E-state index is 9.15. The molecule has 1 fully saturated rings. The summed E-state index contributed by atoms with van der Waals surface area (Å²) >= 11 is 8.53. The van der Waals surface area contributed by atoms with Gasteiger partial charge < -0.3 is 19.7 Å². The minimum absolute atomic E-state index is 0.207. The quantitative estimate of drug-likeness (QED) is 0.592. The van der Waals surface area contributed by atoms with E-state index in [1.165, 1.54) is 0 Å². The molecule has 2 atom stereocenters. The number of aliphatic hydroxyl groups is 2. The molecule has 0 spiro atoms. The number of hydrogen-bond acceptors (Lipinski definition) is 4. The standard InChI is InChI=1S/C5H8BrClO4/c6-5(7)3(8)10-1-2-11-4(5)9/h3-4,8-9H,1-2H2. The van der Waals surface area contributed by atoms with Gasteiger partial charge in [0.1, 0.15) is 0 Å². The van der Waals surface area contributed by atoms with Gasteiger partial charge in [-0.2, -0.15) is 0 Å². The number of rotatable bonds is 0. The molecule has 1 rings (SSSR count). The summed E-state index contributed by atoms with van der Waals surface area (Å²) < 4.78 is 8.09. The molecule has 1 aliphatic rings. The highest BCUT2D eigenvalue weighted by Crippen LogP contribution is 2.34. The topological polar surface area (TPSA) is 58.9 Å². The van der Waals surface area contributed by atoms with Gasteiger partial charge in [-0.3, -0.25) is 0 Å². The third-order valence-electron chi connectivity index (χ3n) is 1.29. The van der Waals surface area contributed by atoms with Gasteiger partial charge >= 0.3 is 0 Å². The first kappa shape index (κ1) is 9.70. The highest BCUT2D eigenvalue weighted by Gasteiger charge is 2.44. The highest BCUT2D eigenvalue weighted by atomic mass is 79.9. The molecule has 0 saturated carbocycles. The fourth-order valence-electron chi connectivity index (χ4n) is 0.664. The monoisotopic (exact) mass is 246 g/mol. The first-order chi connectivity index (χ1) is 5.05. The second-order valence-electron chi connectivity index (χ2n) is 2.12. The van der Waals surface area contributed by atoms with E-state index in [1.807, 2.05) is 0 Å². The van der Waals surface area contributed by atoms with E-state index >= 15 is 0 Å². The normalized spacial score (nSPS) is 46.9. The molecule has 0 aliphatic carbocycles. The molecule has 1 heterocycles. The van der Waals surface area contributed by atoms with Crippen LogP contribution in [-0.2, 0) is 9.47 Å². The van der Waals surface area contributed by atoms with Gasteiger partial charge in [0, 0.05) is 0 Å². The number of aliphatic hydroxyl groups excluding tert-OH is 2. The smallest absolute Gasteiger partial charge is 0.199 e. The first-order valence-corrected chi connectivity index (χ1v) is 4.19. The van der Waals surface area contributed by atoms with E-state index in [0.29, 0.717) is 0 Å². The zero-order valence-electron chi connectivity index (χ0n) is 5.54. The lowest BCUT2D eigenvalue weighted by molar-refractivity contribution is -0.130. The van der Waals surface area contributed by atoms with Crippen molar-refractivity contribution in [2.75, 3.05) is 13.2 Å². The fraction of sp³-hybridized carbons (Fsp3) is 1.00. The molecule has 0 aromatic carbocycles. The van der Waals surface area contributed by atoms with Crippen LogP contribution in [0, 0.1) is 0 Å². The molecule has 1 saturated heterocycles. The largest absolute Gasteiger partial charge is 0.366 e. The Morgan fingerprint density at radius 1 is 1.27 bits per heavy atom. The number of alkyl halides is 2. The first-order valence-electron chi connectivity index (χ1n) is 3.02. The summed E-state index contributed by atoms with van der Waals surface area (Å²) in [5, 5.41) is 18.3. The van der Waals surface area contributed by atoms with Crippen molar-refractivity contribution in [3.05, 3.63) is 0 Å². The van der Waals surface area contributed by atoms with Crippen molar-refractivity contribution in [3.63, 3.8) is 0 Å². The third-order valence-corrected chi connectivity index (χ3v) is 2.45. The number of halogens is 2. The highest BCUT2D eigenvalue weighted by molar-refractivity contribution is 9.10. The van der Waals surface area contributed by atoms with Crippen LogP contribution in [0.1, 0.15) is 0 Å². The van der Waals surface area contributed by atoms with Crippen molar-refractivity contribution in [2.24, 2.45) is 0 Å². The molecule has 66 valence electrons. The average Bonchev–Trinajstić information content (AvgIpc) is 2.03. The Bertz CT molecular complexity index is 128. The van der Waals surface area contributed by atoms with Gasteiger partial charge in [-0.05, 0) is 0 Å². The van der Waals surface area contributed by atoms with Gasteiger partial charge in [0.15, 0.2) is 16.4 Å². The Morgan fingerprint density at radius 3 is 2.00 bits per heavy atom. The summed E-state index contributed by atoms with van der Waals surface area (Å²) in [6.07, 6.45) is -2.55. The Kier molecular flexibility index (Phi) is 3.13. The van der Waals surface area contributed by atoms with Crippen LogP contribution in [-0.4, -0.2) is 39.8 Å². The van der Waals surface area contributed by atoms with Gasteiger partial charge in [-0.15, -0.1) is 0 Å². The van der Waals surface area contributed by atoms with Gasteiger partial charge in [-0.1, -0.05) is 27.5 Å². The van der Waals surface area contributed by atoms with Crippen LogP contribution in [0.5, 0.6) is 0 Å². The summed E-state index contributed by atoms with van der Waals surface area (Å²) in [6, 6.07) is 0. The van der Waals surface area contributed by atoms with E-state index < -0.39 is 16.4 Å². The third kappa shape index (κ3) is 2.05. The number of ether oxygens (including phenoxy) is 2. The fourth-order valence-corrected chi connectivity index (χ4v) is 1.05. The van der Waals surface area contributed by atoms with Crippen LogP contribution in [0.2, 0.25) is 0 Å². The second kappa shape index (κ2) is 3.55. The summed E-state index contributed by atoms with van der Waals surface area (Å²) in [7, 11) is 0. The van der Waals surface area contributed by atoms with Crippen molar-refractivity contribution in [2.45, 2.75) is 16.4 Å². The number of hydrogen-bond donors (Lipinski definition) is 2. The molecule has 0 aromatic heterocycles. The van der Waals surface area contributed by atoms with Crippen LogP contribution < -0.4 is 0 Å². The second-order valence-corrected chi connectivity index (χ2v) is 4.51. The Labute approximate surface area is 77.2 Å². The van der Waals surface area contributed by atoms with Crippen LogP contribution >= 0.6 is 27.5 Å². The molecule has 0 bridgehead atoms. The molecule has 11 heavy (non-hydrogen) atoms. The maximum Gasteiger partial charge on any atom is 0.199 e. The lowest BCUT2D eigenvalue weighted by Gasteiger charge is -2.26. The average molecular weight is 247 g/mol. The minimum atomic E-state index is -1.47. The molecule has 2 N–H and O–H groups in total. The molecule has 0 amide bonds. The molecule has 1 aliphatic heterocycles. The summed E-state index contributed by atoms with van der Waals surface area (Å²) in [6.45, 7) is 0.413. The summed E-state index contributed by atoms with van der Waals surface area (Å²) in [4.78, 5) is 0. The molecular formula is C5H8BrClO4. The SMILES string of the molecule is OC1OCCOC(O)C1(Cl)Br. The van der Waals surface area contributed by atoms with E-state index in [4.69, 9.17) is 31.3 Å². The van der Waals surface area contributed by atoms with Crippen molar-refractivity contribution < 1.29 is 19.7 Å². The van der Waals surface area contributed by atoms with Crippen LogP contribution in [0.3, 0.4) is 0 Å². The van der Waals surface area contributed by atoms with Gasteiger partial charge in [0.2, 0.25) is 0 Å². The van der Waals surface area contributed by atoms with Gasteiger partial charge in [0.05, 0.1) is 13.2 Å². The zero-order chi connectivity index (χ0) is 8.48. The summed E-state index contributed by atoms with van der Waals surface area (Å²) in [5.74, 6) is 0. The molecule has 2 unspecified atom stereocenters. The molecule has 0 aromatic rings. The van der Waals surface area contributed by atoms with Crippen LogP contribution in [0.15, 0.2) is 0 Å². The predicted octanol–water partition coefficient (Wildman–Crippen LogP) is 0. The minimum Gasteiger partial charge on any atom is -0.366 e. The van der Waals surface area contributed by atoms with Crippen molar-refractivity contribution in [1.82, 2.24) is 0 Å². The van der Waals surface area contributed by atoms with Crippen molar-refractivity contribution in [3.8, 4) is 0 Å². The molecule has 6 heteroatoms. The van der Waals surface area contributed by atoms with Gasteiger partial charge in [-0.25, -0.2) is 0 Å². The molecule has 4 nitrogen and oxygen atoms in total.